The Hall–Kier alpha value is -1.91. The van der Waals surface area contributed by atoms with Gasteiger partial charge in [-0.3, -0.25) is 0 Å². The van der Waals surface area contributed by atoms with Gasteiger partial charge in [-0.2, -0.15) is 0 Å². The van der Waals surface area contributed by atoms with Crippen molar-refractivity contribution >= 4 is 5.69 Å². The second-order valence-electron chi connectivity index (χ2n) is 4.49. The molecule has 1 aromatic carbocycles. The van der Waals surface area contributed by atoms with Crippen molar-refractivity contribution in [3.8, 4) is 11.4 Å². The van der Waals surface area contributed by atoms with E-state index in [2.05, 4.69) is 29.4 Å². The first-order chi connectivity index (χ1) is 8.67. The van der Waals surface area contributed by atoms with E-state index >= 15 is 0 Å². The molecular weight excluding hydrogens is 226 g/mol. The Morgan fingerprint density at radius 3 is 2.67 bits per heavy atom. The van der Waals surface area contributed by atoms with Gasteiger partial charge in [0, 0.05) is 11.3 Å². The third-order valence-electron chi connectivity index (χ3n) is 3.28. The number of aromatic nitrogens is 4. The molecule has 0 amide bonds. The Bertz CT molecular complexity index is 528. The Labute approximate surface area is 107 Å². The molecule has 5 nitrogen and oxygen atoms in total. The van der Waals surface area contributed by atoms with Crippen LogP contribution in [0.3, 0.4) is 0 Å². The van der Waals surface area contributed by atoms with Crippen molar-refractivity contribution in [2.24, 2.45) is 0 Å². The highest BCUT2D eigenvalue weighted by Gasteiger charge is 2.17. The lowest BCUT2D eigenvalue weighted by Gasteiger charge is -2.15. The summed E-state index contributed by atoms with van der Waals surface area (Å²) in [7, 11) is 0. The van der Waals surface area contributed by atoms with Crippen molar-refractivity contribution in [3.63, 3.8) is 0 Å². The van der Waals surface area contributed by atoms with Crippen molar-refractivity contribution in [2.45, 2.75) is 39.7 Å². The van der Waals surface area contributed by atoms with Gasteiger partial charge < -0.3 is 5.73 Å². The maximum absolute atomic E-state index is 5.85. The Balaban J connectivity index is 2.51. The summed E-state index contributed by atoms with van der Waals surface area (Å²) in [6, 6.07) is 6.15. The average molecular weight is 245 g/mol. The van der Waals surface area contributed by atoms with Gasteiger partial charge >= 0.3 is 0 Å². The van der Waals surface area contributed by atoms with Crippen molar-refractivity contribution in [1.29, 1.82) is 0 Å². The van der Waals surface area contributed by atoms with Gasteiger partial charge in [0.1, 0.15) is 0 Å². The molecule has 0 aliphatic carbocycles. The quantitative estimate of drug-likeness (QED) is 0.840. The Kier molecular flexibility index (Phi) is 3.60. The number of rotatable bonds is 4. The molecule has 0 bridgehead atoms. The molecule has 0 saturated carbocycles. The minimum atomic E-state index is 0.329. The molecule has 0 fully saturated rings. The predicted molar refractivity (Wildman–Crippen MR) is 72.0 cm³/mol. The van der Waals surface area contributed by atoms with Crippen LogP contribution in [0.1, 0.15) is 38.3 Å². The third-order valence-corrected chi connectivity index (χ3v) is 3.28. The van der Waals surface area contributed by atoms with Gasteiger partial charge in [0.25, 0.3) is 0 Å². The zero-order valence-electron chi connectivity index (χ0n) is 11.1. The number of hydrogen-bond donors (Lipinski definition) is 1. The standard InChI is InChI=1S/C13H19N5/c1-4-11(5-2)18-13(15-16-17-18)12-8-10(14)7-6-9(12)3/h6-8,11H,4-5,14H2,1-3H3. The Morgan fingerprint density at radius 1 is 1.28 bits per heavy atom. The van der Waals surface area contributed by atoms with Crippen LogP contribution >= 0.6 is 0 Å². The lowest BCUT2D eigenvalue weighted by molar-refractivity contribution is 0.422. The number of nitrogen functional groups attached to an aromatic ring is 1. The van der Waals surface area contributed by atoms with Crippen LogP contribution in [0.5, 0.6) is 0 Å². The second kappa shape index (κ2) is 5.16. The van der Waals surface area contributed by atoms with Crippen molar-refractivity contribution < 1.29 is 0 Å². The zero-order chi connectivity index (χ0) is 13.1. The summed E-state index contributed by atoms with van der Waals surface area (Å²) in [5.41, 5.74) is 8.72. The van der Waals surface area contributed by atoms with E-state index in [1.165, 1.54) is 0 Å². The summed E-state index contributed by atoms with van der Waals surface area (Å²) in [5.74, 6) is 0.800. The molecule has 96 valence electrons. The molecule has 1 heterocycles. The number of nitrogens with zero attached hydrogens (tertiary/aromatic N) is 4. The molecule has 1 aromatic heterocycles. The van der Waals surface area contributed by atoms with Gasteiger partial charge in [0.05, 0.1) is 6.04 Å². The Morgan fingerprint density at radius 2 is 2.00 bits per heavy atom. The summed E-state index contributed by atoms with van der Waals surface area (Å²) >= 11 is 0. The van der Waals surface area contributed by atoms with Crippen LogP contribution in [-0.4, -0.2) is 20.2 Å². The molecule has 0 aliphatic rings. The molecule has 0 spiro atoms. The van der Waals surface area contributed by atoms with Crippen LogP contribution in [0.2, 0.25) is 0 Å². The van der Waals surface area contributed by atoms with Crippen LogP contribution in [0.25, 0.3) is 11.4 Å². The molecule has 0 atom stereocenters. The maximum atomic E-state index is 5.85. The minimum absolute atomic E-state index is 0.329. The number of aryl methyl sites for hydroxylation is 1. The first kappa shape index (κ1) is 12.5. The summed E-state index contributed by atoms with van der Waals surface area (Å²) in [6.45, 7) is 6.33. The van der Waals surface area contributed by atoms with E-state index in [9.17, 15) is 0 Å². The number of tetrazole rings is 1. The van der Waals surface area contributed by atoms with E-state index in [0.29, 0.717) is 6.04 Å². The van der Waals surface area contributed by atoms with E-state index < -0.39 is 0 Å². The smallest absolute Gasteiger partial charge is 0.182 e. The zero-order valence-corrected chi connectivity index (χ0v) is 11.1. The van der Waals surface area contributed by atoms with E-state index in [1.807, 2.05) is 29.8 Å². The van der Waals surface area contributed by atoms with Gasteiger partial charge in [-0.05, 0) is 47.9 Å². The topological polar surface area (TPSA) is 69.6 Å². The maximum Gasteiger partial charge on any atom is 0.182 e. The lowest BCUT2D eigenvalue weighted by atomic mass is 10.1. The largest absolute Gasteiger partial charge is 0.399 e. The van der Waals surface area contributed by atoms with Gasteiger partial charge in [0.2, 0.25) is 0 Å². The monoisotopic (exact) mass is 245 g/mol. The van der Waals surface area contributed by atoms with E-state index in [-0.39, 0.29) is 0 Å². The van der Waals surface area contributed by atoms with Crippen LogP contribution < -0.4 is 5.73 Å². The fourth-order valence-corrected chi connectivity index (χ4v) is 2.13. The van der Waals surface area contributed by atoms with Gasteiger partial charge in [0.15, 0.2) is 5.82 Å². The van der Waals surface area contributed by atoms with E-state index in [4.69, 9.17) is 5.73 Å². The SMILES string of the molecule is CCC(CC)n1nnnc1-c1cc(N)ccc1C. The molecule has 0 aliphatic heterocycles. The van der Waals surface area contributed by atoms with E-state index in [1.54, 1.807) is 0 Å². The molecule has 2 N–H and O–H groups in total. The molecular formula is C13H19N5. The van der Waals surface area contributed by atoms with Crippen LogP contribution in [-0.2, 0) is 0 Å². The summed E-state index contributed by atoms with van der Waals surface area (Å²) in [5, 5.41) is 12.1. The molecule has 18 heavy (non-hydrogen) atoms. The fourth-order valence-electron chi connectivity index (χ4n) is 2.13. The highest BCUT2D eigenvalue weighted by Crippen LogP contribution is 2.26. The lowest BCUT2D eigenvalue weighted by Crippen LogP contribution is -2.11. The highest BCUT2D eigenvalue weighted by atomic mass is 15.5. The summed E-state index contributed by atoms with van der Waals surface area (Å²) in [6.07, 6.45) is 2.02. The second-order valence-corrected chi connectivity index (χ2v) is 4.49. The number of benzene rings is 1. The molecule has 0 radical (unpaired) electrons. The first-order valence-electron chi connectivity index (χ1n) is 6.31. The number of hydrogen-bond acceptors (Lipinski definition) is 4. The normalized spacial score (nSPS) is 11.1. The van der Waals surface area contributed by atoms with Crippen LogP contribution in [0.15, 0.2) is 18.2 Å². The van der Waals surface area contributed by atoms with Crippen molar-refractivity contribution in [1.82, 2.24) is 20.2 Å². The summed E-state index contributed by atoms with van der Waals surface area (Å²) in [4.78, 5) is 0. The minimum Gasteiger partial charge on any atom is -0.399 e. The van der Waals surface area contributed by atoms with Gasteiger partial charge in [-0.15, -0.1) is 5.10 Å². The van der Waals surface area contributed by atoms with Gasteiger partial charge in [-0.25, -0.2) is 4.68 Å². The van der Waals surface area contributed by atoms with Gasteiger partial charge in [-0.1, -0.05) is 19.9 Å². The number of anilines is 1. The van der Waals surface area contributed by atoms with Crippen LogP contribution in [0.4, 0.5) is 5.69 Å². The van der Waals surface area contributed by atoms with Crippen molar-refractivity contribution in [2.75, 3.05) is 5.73 Å². The average Bonchev–Trinajstić information content (AvgIpc) is 2.83. The van der Waals surface area contributed by atoms with Crippen molar-refractivity contribution in [3.05, 3.63) is 23.8 Å². The first-order valence-corrected chi connectivity index (χ1v) is 6.31. The summed E-state index contributed by atoms with van der Waals surface area (Å²) < 4.78 is 1.90. The molecule has 2 rings (SSSR count). The molecule has 5 heteroatoms. The molecule has 2 aromatic rings. The molecule has 0 saturated heterocycles. The fraction of sp³-hybridized carbons (Fsp3) is 0.462. The number of nitrogens with two attached hydrogens (primary N) is 1. The highest BCUT2D eigenvalue weighted by molar-refractivity contribution is 5.65. The van der Waals surface area contributed by atoms with E-state index in [0.717, 1.165) is 35.5 Å². The van der Waals surface area contributed by atoms with Crippen LogP contribution in [0, 0.1) is 6.92 Å². The third kappa shape index (κ3) is 2.20. The predicted octanol–water partition coefficient (Wildman–Crippen LogP) is 2.59. The molecule has 0 unspecified atom stereocenters.